The van der Waals surface area contributed by atoms with Gasteiger partial charge in [-0.15, -0.1) is 0 Å². The van der Waals surface area contributed by atoms with E-state index in [1.54, 1.807) is 30.5 Å². The molecule has 0 saturated carbocycles. The molecule has 1 heterocycles. The number of carbonyl (C=O) groups excluding carboxylic acids is 1. The molecule has 5 heteroatoms. The number of nitrogens with zero attached hydrogens (tertiary/aromatic N) is 1. The standard InChI is InChI=1S/C11H10N2O2S/c14-10(9-4-2-1-3-5-9)8-16(15)11-12-6-7-13-11/h1-7H,8H2,(H,12,13)/t16-/m0/s1. The summed E-state index contributed by atoms with van der Waals surface area (Å²) < 4.78 is 11.7. The molecule has 1 N–H and O–H groups in total. The van der Waals surface area contributed by atoms with E-state index >= 15 is 0 Å². The Hall–Kier alpha value is -1.75. The largest absolute Gasteiger partial charge is 0.338 e. The first-order chi connectivity index (χ1) is 7.77. The third-order valence-corrected chi connectivity index (χ3v) is 3.23. The van der Waals surface area contributed by atoms with Crippen LogP contribution in [-0.2, 0) is 10.8 Å². The lowest BCUT2D eigenvalue weighted by atomic mass is 10.2. The fraction of sp³-hybridized carbons (Fsp3) is 0.0909. The van der Waals surface area contributed by atoms with Crippen molar-refractivity contribution in [1.29, 1.82) is 0 Å². The van der Waals surface area contributed by atoms with Crippen LogP contribution >= 0.6 is 0 Å². The Morgan fingerprint density at radius 3 is 2.69 bits per heavy atom. The van der Waals surface area contributed by atoms with Crippen molar-refractivity contribution in [2.75, 3.05) is 5.75 Å². The van der Waals surface area contributed by atoms with E-state index in [9.17, 15) is 9.00 Å². The SMILES string of the molecule is O=C(C[S@](=O)c1ncc[nH]1)c1ccccc1. The second-order valence-electron chi connectivity index (χ2n) is 3.17. The molecule has 4 nitrogen and oxygen atoms in total. The van der Waals surface area contributed by atoms with Crippen LogP contribution in [0.3, 0.4) is 0 Å². The molecule has 0 aliphatic heterocycles. The fourth-order valence-corrected chi connectivity index (χ4v) is 2.19. The van der Waals surface area contributed by atoms with E-state index in [0.717, 1.165) is 0 Å². The van der Waals surface area contributed by atoms with Gasteiger partial charge in [-0.2, -0.15) is 0 Å². The molecule has 2 aromatic rings. The van der Waals surface area contributed by atoms with Gasteiger partial charge in [-0.25, -0.2) is 4.98 Å². The summed E-state index contributed by atoms with van der Waals surface area (Å²) in [5.74, 6) is -0.187. The molecule has 0 radical (unpaired) electrons. The highest BCUT2D eigenvalue weighted by atomic mass is 32.2. The Morgan fingerprint density at radius 1 is 1.31 bits per heavy atom. The first-order valence-corrected chi connectivity index (χ1v) is 6.05. The minimum Gasteiger partial charge on any atom is -0.338 e. The maximum atomic E-state index is 11.7. The van der Waals surface area contributed by atoms with Crippen molar-refractivity contribution in [3.05, 3.63) is 48.3 Å². The summed E-state index contributed by atoms with van der Waals surface area (Å²) >= 11 is 0. The molecule has 1 atom stereocenters. The Bertz CT molecular complexity index is 494. The van der Waals surface area contributed by atoms with E-state index in [1.165, 1.54) is 6.20 Å². The first kappa shape index (κ1) is 10.8. The van der Waals surface area contributed by atoms with Gasteiger partial charge in [-0.3, -0.25) is 9.00 Å². The highest BCUT2D eigenvalue weighted by Gasteiger charge is 2.13. The van der Waals surface area contributed by atoms with Gasteiger partial charge in [0.05, 0.1) is 16.6 Å². The minimum absolute atomic E-state index is 0.0441. The number of carbonyl (C=O) groups is 1. The molecular formula is C11H10N2O2S. The van der Waals surface area contributed by atoms with Crippen LogP contribution < -0.4 is 0 Å². The molecule has 82 valence electrons. The molecule has 1 aromatic heterocycles. The van der Waals surface area contributed by atoms with Gasteiger partial charge >= 0.3 is 0 Å². The van der Waals surface area contributed by atoms with Gasteiger partial charge in [0.1, 0.15) is 0 Å². The highest BCUT2D eigenvalue weighted by Crippen LogP contribution is 2.04. The van der Waals surface area contributed by atoms with Crippen LogP contribution in [0.15, 0.2) is 47.9 Å². The highest BCUT2D eigenvalue weighted by molar-refractivity contribution is 7.85. The van der Waals surface area contributed by atoms with Crippen molar-refractivity contribution in [2.45, 2.75) is 5.16 Å². The summed E-state index contributed by atoms with van der Waals surface area (Å²) in [7, 11) is -1.40. The third kappa shape index (κ3) is 2.43. The maximum absolute atomic E-state index is 11.7. The van der Waals surface area contributed by atoms with Crippen LogP contribution in [0.5, 0.6) is 0 Å². The number of hydrogen-bond donors (Lipinski definition) is 1. The summed E-state index contributed by atoms with van der Waals surface area (Å²) in [6.07, 6.45) is 3.10. The quantitative estimate of drug-likeness (QED) is 0.813. The first-order valence-electron chi connectivity index (χ1n) is 4.73. The smallest absolute Gasteiger partial charge is 0.196 e. The van der Waals surface area contributed by atoms with E-state index in [0.29, 0.717) is 10.7 Å². The molecule has 16 heavy (non-hydrogen) atoms. The molecular weight excluding hydrogens is 224 g/mol. The molecule has 0 saturated heterocycles. The zero-order valence-corrected chi connectivity index (χ0v) is 9.24. The minimum atomic E-state index is -1.40. The number of ketones is 1. The molecule has 1 aromatic carbocycles. The van der Waals surface area contributed by atoms with Crippen molar-refractivity contribution in [2.24, 2.45) is 0 Å². The lowest BCUT2D eigenvalue weighted by Gasteiger charge is -1.99. The molecule has 2 rings (SSSR count). The fourth-order valence-electron chi connectivity index (χ4n) is 1.27. The van der Waals surface area contributed by atoms with Gasteiger partial charge in [0.15, 0.2) is 10.9 Å². The lowest BCUT2D eigenvalue weighted by Crippen LogP contribution is -2.11. The number of H-pyrrole nitrogens is 1. The van der Waals surface area contributed by atoms with E-state index in [1.807, 2.05) is 6.07 Å². The predicted octanol–water partition coefficient (Wildman–Crippen LogP) is 1.40. The second kappa shape index (κ2) is 4.85. The van der Waals surface area contributed by atoms with Crippen LogP contribution in [-0.4, -0.2) is 25.7 Å². The van der Waals surface area contributed by atoms with E-state index < -0.39 is 10.8 Å². The summed E-state index contributed by atoms with van der Waals surface area (Å²) in [6, 6.07) is 8.82. The molecule has 0 bridgehead atoms. The van der Waals surface area contributed by atoms with Gasteiger partial charge in [-0.05, 0) is 0 Å². The molecule has 0 aliphatic rings. The van der Waals surface area contributed by atoms with Gasteiger partial charge in [-0.1, -0.05) is 30.3 Å². The monoisotopic (exact) mass is 234 g/mol. The van der Waals surface area contributed by atoms with Crippen LogP contribution in [0, 0.1) is 0 Å². The lowest BCUT2D eigenvalue weighted by molar-refractivity contribution is 0.102. The van der Waals surface area contributed by atoms with Gasteiger partial charge in [0.25, 0.3) is 0 Å². The predicted molar refractivity (Wildman–Crippen MR) is 60.6 cm³/mol. The van der Waals surface area contributed by atoms with Gasteiger partial charge < -0.3 is 4.98 Å². The summed E-state index contributed by atoms with van der Waals surface area (Å²) in [6.45, 7) is 0. The van der Waals surface area contributed by atoms with E-state index in [4.69, 9.17) is 0 Å². The number of aromatic amines is 1. The number of rotatable bonds is 4. The number of imidazole rings is 1. The van der Waals surface area contributed by atoms with E-state index in [2.05, 4.69) is 9.97 Å². The molecule has 0 spiro atoms. The molecule has 0 unspecified atom stereocenters. The Kier molecular flexibility index (Phi) is 3.26. The topological polar surface area (TPSA) is 62.8 Å². The van der Waals surface area contributed by atoms with Crippen molar-refractivity contribution < 1.29 is 9.00 Å². The van der Waals surface area contributed by atoms with Gasteiger partial charge in [0, 0.05) is 18.0 Å². The second-order valence-corrected chi connectivity index (χ2v) is 4.54. The van der Waals surface area contributed by atoms with Crippen LogP contribution in [0.4, 0.5) is 0 Å². The van der Waals surface area contributed by atoms with Crippen molar-refractivity contribution in [3.63, 3.8) is 0 Å². The average molecular weight is 234 g/mol. The Balaban J connectivity index is 2.06. The average Bonchev–Trinajstić information content (AvgIpc) is 2.83. The number of nitrogens with one attached hydrogen (secondary N) is 1. The summed E-state index contributed by atoms with van der Waals surface area (Å²) in [5.41, 5.74) is 0.572. The van der Waals surface area contributed by atoms with Crippen molar-refractivity contribution in [3.8, 4) is 0 Å². The normalized spacial score (nSPS) is 12.2. The zero-order chi connectivity index (χ0) is 11.4. The van der Waals surface area contributed by atoms with E-state index in [-0.39, 0.29) is 11.5 Å². The number of benzene rings is 1. The van der Waals surface area contributed by atoms with Crippen LogP contribution in [0.25, 0.3) is 0 Å². The van der Waals surface area contributed by atoms with Crippen LogP contribution in [0.1, 0.15) is 10.4 Å². The molecule has 0 fully saturated rings. The summed E-state index contributed by atoms with van der Waals surface area (Å²) in [5, 5.41) is 0.337. The van der Waals surface area contributed by atoms with Crippen LogP contribution in [0.2, 0.25) is 0 Å². The number of Topliss-reactive ketones (excluding diaryl/α,β-unsaturated/α-hetero) is 1. The third-order valence-electron chi connectivity index (χ3n) is 2.05. The van der Waals surface area contributed by atoms with Gasteiger partial charge in [0.2, 0.25) is 0 Å². The van der Waals surface area contributed by atoms with Crippen molar-refractivity contribution >= 4 is 16.6 Å². The molecule has 0 amide bonds. The Labute approximate surface area is 95.2 Å². The number of aromatic nitrogens is 2. The zero-order valence-electron chi connectivity index (χ0n) is 8.42. The number of hydrogen-bond acceptors (Lipinski definition) is 3. The van der Waals surface area contributed by atoms with Crippen molar-refractivity contribution in [1.82, 2.24) is 9.97 Å². The maximum Gasteiger partial charge on any atom is 0.196 e. The Morgan fingerprint density at radius 2 is 2.06 bits per heavy atom. The summed E-state index contributed by atoms with van der Waals surface area (Å²) in [4.78, 5) is 18.3. The molecule has 0 aliphatic carbocycles.